The lowest BCUT2D eigenvalue weighted by Gasteiger charge is -2.26. The molecule has 3 atom stereocenters. The van der Waals surface area contributed by atoms with Gasteiger partial charge in [-0.25, -0.2) is 9.18 Å². The molecule has 6 nitrogen and oxygen atoms in total. The summed E-state index contributed by atoms with van der Waals surface area (Å²) >= 11 is 1.26. The van der Waals surface area contributed by atoms with Crippen LogP contribution < -0.4 is 5.32 Å². The Morgan fingerprint density at radius 3 is 2.65 bits per heavy atom. The number of halogens is 1. The first kappa shape index (κ1) is 17.4. The first-order chi connectivity index (χ1) is 10.7. The van der Waals surface area contributed by atoms with E-state index >= 15 is 0 Å². The van der Waals surface area contributed by atoms with Gasteiger partial charge in [0.1, 0.15) is 12.2 Å². The molecular weight excluding hydrogens is 323 g/mol. The van der Waals surface area contributed by atoms with E-state index in [4.69, 9.17) is 5.11 Å². The number of nitrogens with one attached hydrogen (secondary N) is 1. The van der Waals surface area contributed by atoms with Crippen molar-refractivity contribution >= 4 is 29.1 Å². The highest BCUT2D eigenvalue weighted by atomic mass is 32.1. The van der Waals surface area contributed by atoms with Crippen molar-refractivity contribution in [2.24, 2.45) is 0 Å². The molecule has 2 rings (SSSR count). The highest BCUT2D eigenvalue weighted by Gasteiger charge is 2.39. The van der Waals surface area contributed by atoms with Gasteiger partial charge >= 0.3 is 5.97 Å². The van der Waals surface area contributed by atoms with Crippen LogP contribution in [0.3, 0.4) is 0 Å². The van der Waals surface area contributed by atoms with Crippen molar-refractivity contribution in [1.29, 1.82) is 0 Å². The number of hydrogen-bond acceptors (Lipinski definition) is 4. The summed E-state index contributed by atoms with van der Waals surface area (Å²) in [6, 6.07) is 0.264. The van der Waals surface area contributed by atoms with Gasteiger partial charge in [0.2, 0.25) is 11.8 Å². The highest BCUT2D eigenvalue weighted by Crippen LogP contribution is 2.38. The Kier molecular flexibility index (Phi) is 5.03. The van der Waals surface area contributed by atoms with Crippen LogP contribution in [0.15, 0.2) is 6.07 Å². The summed E-state index contributed by atoms with van der Waals surface area (Å²) in [5.74, 6) is -1.74. The summed E-state index contributed by atoms with van der Waals surface area (Å²) in [5, 5.41) is 11.6. The molecular formula is C15H19FN2O4S. The largest absolute Gasteiger partial charge is 0.478 e. The smallest absolute Gasteiger partial charge is 0.336 e. The van der Waals surface area contributed by atoms with E-state index in [0.29, 0.717) is 9.75 Å². The van der Waals surface area contributed by atoms with Gasteiger partial charge in [0.15, 0.2) is 0 Å². The Morgan fingerprint density at radius 1 is 1.48 bits per heavy atom. The quantitative estimate of drug-likeness (QED) is 0.875. The zero-order chi connectivity index (χ0) is 17.3. The zero-order valence-corrected chi connectivity index (χ0v) is 13.9. The SMILES string of the molecule is CC(=O)NC(C)C(=O)N1C[C@H](F)C[C@H]1c1cc(C(=O)O)c(C)s1. The summed E-state index contributed by atoms with van der Waals surface area (Å²) in [5.41, 5.74) is 0.176. The highest BCUT2D eigenvalue weighted by molar-refractivity contribution is 7.12. The average Bonchev–Trinajstić information content (AvgIpc) is 3.00. The number of carbonyl (C=O) groups excluding carboxylic acids is 2. The van der Waals surface area contributed by atoms with Gasteiger partial charge in [-0.1, -0.05) is 0 Å². The Labute approximate surface area is 137 Å². The van der Waals surface area contributed by atoms with Crippen molar-refractivity contribution in [2.75, 3.05) is 6.54 Å². The first-order valence-electron chi connectivity index (χ1n) is 7.26. The summed E-state index contributed by atoms with van der Waals surface area (Å²) < 4.78 is 13.9. The molecule has 1 saturated heterocycles. The van der Waals surface area contributed by atoms with E-state index in [2.05, 4.69) is 5.32 Å². The fourth-order valence-corrected chi connectivity index (χ4v) is 3.94. The molecule has 8 heteroatoms. The molecule has 0 bridgehead atoms. The van der Waals surface area contributed by atoms with Gasteiger partial charge in [0.25, 0.3) is 0 Å². The molecule has 1 fully saturated rings. The second kappa shape index (κ2) is 6.66. The minimum Gasteiger partial charge on any atom is -0.478 e. The van der Waals surface area contributed by atoms with Crippen molar-refractivity contribution in [1.82, 2.24) is 10.2 Å². The zero-order valence-electron chi connectivity index (χ0n) is 13.1. The first-order valence-corrected chi connectivity index (χ1v) is 8.07. The van der Waals surface area contributed by atoms with Crippen LogP contribution in [0, 0.1) is 6.92 Å². The van der Waals surface area contributed by atoms with Gasteiger partial charge in [-0.15, -0.1) is 11.3 Å². The summed E-state index contributed by atoms with van der Waals surface area (Å²) in [7, 11) is 0. The fourth-order valence-electron chi connectivity index (χ4n) is 2.80. The maximum atomic E-state index is 13.9. The number of aromatic carboxylic acids is 1. The van der Waals surface area contributed by atoms with E-state index in [1.54, 1.807) is 13.8 Å². The molecule has 1 aliphatic rings. The lowest BCUT2D eigenvalue weighted by Crippen LogP contribution is -2.46. The van der Waals surface area contributed by atoms with Crippen molar-refractivity contribution in [3.05, 3.63) is 21.4 Å². The molecule has 1 aromatic heterocycles. The molecule has 2 heterocycles. The van der Waals surface area contributed by atoms with Crippen molar-refractivity contribution < 1.29 is 23.9 Å². The van der Waals surface area contributed by atoms with E-state index in [0.717, 1.165) is 0 Å². The van der Waals surface area contributed by atoms with Gasteiger partial charge in [-0.2, -0.15) is 0 Å². The predicted octanol–water partition coefficient (Wildman–Crippen LogP) is 1.89. The third kappa shape index (κ3) is 3.69. The van der Waals surface area contributed by atoms with E-state index < -0.39 is 24.2 Å². The number of thiophene rings is 1. The Morgan fingerprint density at radius 2 is 2.13 bits per heavy atom. The average molecular weight is 342 g/mol. The molecule has 0 radical (unpaired) electrons. The molecule has 0 aromatic carbocycles. The third-order valence-electron chi connectivity index (χ3n) is 3.82. The number of carboxylic acids is 1. The van der Waals surface area contributed by atoms with Crippen LogP contribution in [0.1, 0.15) is 46.4 Å². The second-order valence-electron chi connectivity index (χ2n) is 5.69. The van der Waals surface area contributed by atoms with Gasteiger partial charge < -0.3 is 15.3 Å². The molecule has 1 aliphatic heterocycles. The van der Waals surface area contributed by atoms with Crippen LogP contribution in [-0.4, -0.2) is 46.5 Å². The molecule has 126 valence electrons. The fraction of sp³-hybridized carbons (Fsp3) is 0.533. The summed E-state index contributed by atoms with van der Waals surface area (Å²) in [6.07, 6.45) is -1.03. The van der Waals surface area contributed by atoms with Crippen LogP contribution in [-0.2, 0) is 9.59 Å². The van der Waals surface area contributed by atoms with Gasteiger partial charge in [0.05, 0.1) is 18.2 Å². The normalized spacial score (nSPS) is 22.0. The van der Waals surface area contributed by atoms with Gasteiger partial charge in [0, 0.05) is 23.1 Å². The van der Waals surface area contributed by atoms with E-state index in [1.165, 1.54) is 29.2 Å². The predicted molar refractivity (Wildman–Crippen MR) is 83.3 cm³/mol. The number of nitrogens with zero attached hydrogens (tertiary/aromatic N) is 1. The number of alkyl halides is 1. The Balaban J connectivity index is 2.26. The van der Waals surface area contributed by atoms with Crippen molar-refractivity contribution in [3.8, 4) is 0 Å². The summed E-state index contributed by atoms with van der Waals surface area (Å²) in [6.45, 7) is 4.50. The van der Waals surface area contributed by atoms with Crippen LogP contribution >= 0.6 is 11.3 Å². The number of carbonyl (C=O) groups is 3. The molecule has 0 saturated carbocycles. The maximum absolute atomic E-state index is 13.9. The van der Waals surface area contributed by atoms with Crippen LogP contribution in [0.4, 0.5) is 4.39 Å². The molecule has 0 spiro atoms. The lowest BCUT2D eigenvalue weighted by atomic mass is 10.1. The topological polar surface area (TPSA) is 86.7 Å². The summed E-state index contributed by atoms with van der Waals surface area (Å²) in [4.78, 5) is 37.4. The van der Waals surface area contributed by atoms with Gasteiger partial charge in [-0.3, -0.25) is 9.59 Å². The number of aryl methyl sites for hydroxylation is 1. The molecule has 0 aliphatic carbocycles. The van der Waals surface area contributed by atoms with Crippen LogP contribution in [0.2, 0.25) is 0 Å². The molecule has 1 aromatic rings. The maximum Gasteiger partial charge on any atom is 0.336 e. The Bertz CT molecular complexity index is 645. The standard InChI is InChI=1S/C15H19FN2O4S/c1-7(17-9(3)19)14(20)18-6-10(16)4-12(18)13-5-11(15(21)22)8(2)23-13/h5,7,10,12H,4,6H2,1-3H3,(H,17,19)(H,21,22)/t7?,10-,12+/m1/s1. The monoisotopic (exact) mass is 342 g/mol. The number of carboxylic acid groups (broad SMARTS) is 1. The number of hydrogen-bond donors (Lipinski definition) is 2. The second-order valence-corrected chi connectivity index (χ2v) is 6.97. The molecule has 1 unspecified atom stereocenters. The van der Waals surface area contributed by atoms with E-state index in [1.807, 2.05) is 0 Å². The molecule has 23 heavy (non-hydrogen) atoms. The Hall–Kier alpha value is -1.96. The van der Waals surface area contributed by atoms with Gasteiger partial charge in [-0.05, 0) is 19.9 Å². The molecule has 2 amide bonds. The number of likely N-dealkylation sites (tertiary alicyclic amines) is 1. The minimum atomic E-state index is -1.16. The van der Waals surface area contributed by atoms with E-state index in [9.17, 15) is 18.8 Å². The number of amides is 2. The van der Waals surface area contributed by atoms with Crippen LogP contribution in [0.25, 0.3) is 0 Å². The van der Waals surface area contributed by atoms with E-state index in [-0.39, 0.29) is 30.3 Å². The number of rotatable bonds is 4. The minimum absolute atomic E-state index is 0.0488. The van der Waals surface area contributed by atoms with Crippen molar-refractivity contribution in [2.45, 2.75) is 45.4 Å². The lowest BCUT2D eigenvalue weighted by molar-refractivity contribution is -0.136. The van der Waals surface area contributed by atoms with Crippen LogP contribution in [0.5, 0.6) is 0 Å². The molecule has 2 N–H and O–H groups in total. The third-order valence-corrected chi connectivity index (χ3v) is 4.97. The van der Waals surface area contributed by atoms with Crippen molar-refractivity contribution in [3.63, 3.8) is 0 Å².